The van der Waals surface area contributed by atoms with Gasteiger partial charge in [-0.3, -0.25) is 0 Å². The van der Waals surface area contributed by atoms with Crippen molar-refractivity contribution in [3.63, 3.8) is 0 Å². The van der Waals surface area contributed by atoms with Crippen molar-refractivity contribution in [2.45, 2.75) is 45.6 Å². The van der Waals surface area contributed by atoms with Gasteiger partial charge in [0.25, 0.3) is 0 Å². The normalized spacial score (nSPS) is 22.9. The topological polar surface area (TPSA) is 21.3 Å². The SMILES string of the molecule is COc1c(Br)cc(Cl)cc1NC1CCC(C(C)C)CC1. The molecule has 1 aromatic carbocycles. The molecule has 112 valence electrons. The quantitative estimate of drug-likeness (QED) is 0.739. The van der Waals surface area contributed by atoms with E-state index in [-0.39, 0.29) is 0 Å². The summed E-state index contributed by atoms with van der Waals surface area (Å²) in [7, 11) is 1.69. The predicted molar refractivity (Wildman–Crippen MR) is 89.9 cm³/mol. The van der Waals surface area contributed by atoms with Gasteiger partial charge in [0.05, 0.1) is 17.3 Å². The molecule has 0 radical (unpaired) electrons. The van der Waals surface area contributed by atoms with Crippen molar-refractivity contribution in [2.24, 2.45) is 11.8 Å². The molecule has 1 aliphatic carbocycles. The van der Waals surface area contributed by atoms with E-state index in [4.69, 9.17) is 16.3 Å². The van der Waals surface area contributed by atoms with Gasteiger partial charge in [-0.15, -0.1) is 0 Å². The van der Waals surface area contributed by atoms with Crippen molar-refractivity contribution in [2.75, 3.05) is 12.4 Å². The summed E-state index contributed by atoms with van der Waals surface area (Å²) in [5, 5.41) is 4.32. The molecule has 1 aliphatic rings. The van der Waals surface area contributed by atoms with Gasteiger partial charge in [0.2, 0.25) is 0 Å². The second kappa shape index (κ2) is 7.04. The van der Waals surface area contributed by atoms with Gasteiger partial charge >= 0.3 is 0 Å². The van der Waals surface area contributed by atoms with Gasteiger partial charge in [-0.25, -0.2) is 0 Å². The van der Waals surface area contributed by atoms with Crippen LogP contribution in [-0.4, -0.2) is 13.2 Å². The van der Waals surface area contributed by atoms with Crippen LogP contribution in [-0.2, 0) is 0 Å². The van der Waals surface area contributed by atoms with Crippen LogP contribution in [0.15, 0.2) is 16.6 Å². The lowest BCUT2D eigenvalue weighted by atomic mass is 9.79. The van der Waals surface area contributed by atoms with E-state index in [1.807, 2.05) is 12.1 Å². The summed E-state index contributed by atoms with van der Waals surface area (Å²) >= 11 is 9.64. The summed E-state index contributed by atoms with van der Waals surface area (Å²) in [6, 6.07) is 4.32. The molecule has 0 amide bonds. The fourth-order valence-corrected chi connectivity index (χ4v) is 4.00. The Labute approximate surface area is 135 Å². The van der Waals surface area contributed by atoms with Crippen LogP contribution in [0.25, 0.3) is 0 Å². The van der Waals surface area contributed by atoms with Gasteiger partial charge in [0.1, 0.15) is 0 Å². The Bertz CT molecular complexity index is 456. The second-order valence-electron chi connectivity index (χ2n) is 5.97. The smallest absolute Gasteiger partial charge is 0.156 e. The summed E-state index contributed by atoms with van der Waals surface area (Å²) in [6.07, 6.45) is 5.05. The molecule has 0 spiro atoms. The summed E-state index contributed by atoms with van der Waals surface area (Å²) in [4.78, 5) is 0. The molecule has 4 heteroatoms. The molecule has 0 unspecified atom stereocenters. The van der Waals surface area contributed by atoms with E-state index in [0.29, 0.717) is 6.04 Å². The Morgan fingerprint density at radius 3 is 2.45 bits per heavy atom. The summed E-state index contributed by atoms with van der Waals surface area (Å²) in [6.45, 7) is 4.66. The minimum Gasteiger partial charge on any atom is -0.493 e. The third-order valence-electron chi connectivity index (χ3n) is 4.29. The number of anilines is 1. The van der Waals surface area contributed by atoms with Gasteiger partial charge in [-0.05, 0) is 65.6 Å². The van der Waals surface area contributed by atoms with Crippen molar-refractivity contribution >= 4 is 33.2 Å². The third kappa shape index (κ3) is 3.82. The van der Waals surface area contributed by atoms with Crippen molar-refractivity contribution in [1.29, 1.82) is 0 Å². The first-order valence-corrected chi connectivity index (χ1v) is 8.48. The molecule has 0 bridgehead atoms. The van der Waals surface area contributed by atoms with Gasteiger partial charge in [-0.1, -0.05) is 25.4 Å². The minimum atomic E-state index is 0.518. The molecule has 20 heavy (non-hydrogen) atoms. The standard InChI is InChI=1S/C16H23BrClNO/c1-10(2)11-4-6-13(7-5-11)19-15-9-12(18)8-14(17)16(15)20-3/h8-11,13,19H,4-7H2,1-3H3. The zero-order valence-electron chi connectivity index (χ0n) is 12.4. The lowest BCUT2D eigenvalue weighted by molar-refractivity contribution is 0.266. The van der Waals surface area contributed by atoms with Crippen molar-refractivity contribution < 1.29 is 4.74 Å². The average molecular weight is 361 g/mol. The van der Waals surface area contributed by atoms with Crippen molar-refractivity contribution in [3.8, 4) is 5.75 Å². The zero-order chi connectivity index (χ0) is 14.7. The molecule has 1 N–H and O–H groups in total. The molecule has 0 aliphatic heterocycles. The van der Waals surface area contributed by atoms with Crippen molar-refractivity contribution in [1.82, 2.24) is 0 Å². The van der Waals surface area contributed by atoms with Gasteiger partial charge in [0.15, 0.2) is 5.75 Å². The molecule has 1 saturated carbocycles. The van der Waals surface area contributed by atoms with Crippen LogP contribution in [0.3, 0.4) is 0 Å². The summed E-state index contributed by atoms with van der Waals surface area (Å²) in [5.41, 5.74) is 0.986. The number of ether oxygens (including phenoxy) is 1. The van der Waals surface area contributed by atoms with Gasteiger partial charge in [-0.2, -0.15) is 0 Å². The third-order valence-corrected chi connectivity index (χ3v) is 5.09. The maximum Gasteiger partial charge on any atom is 0.156 e. The number of methoxy groups -OCH3 is 1. The fourth-order valence-electron chi connectivity index (χ4n) is 3.03. The van der Waals surface area contributed by atoms with Gasteiger partial charge in [0, 0.05) is 11.1 Å². The molecular weight excluding hydrogens is 338 g/mol. The lowest BCUT2D eigenvalue weighted by Crippen LogP contribution is -2.28. The van der Waals surface area contributed by atoms with Crippen LogP contribution >= 0.6 is 27.5 Å². The highest BCUT2D eigenvalue weighted by atomic mass is 79.9. The van der Waals surface area contributed by atoms with Crippen molar-refractivity contribution in [3.05, 3.63) is 21.6 Å². The molecular formula is C16H23BrClNO. The first kappa shape index (κ1) is 16.0. The Morgan fingerprint density at radius 2 is 1.90 bits per heavy atom. The molecule has 1 aromatic rings. The summed E-state index contributed by atoms with van der Waals surface area (Å²) in [5.74, 6) is 2.51. The zero-order valence-corrected chi connectivity index (χ0v) is 14.7. The Morgan fingerprint density at radius 1 is 1.25 bits per heavy atom. The van der Waals surface area contributed by atoms with E-state index in [2.05, 4.69) is 35.1 Å². The van der Waals surface area contributed by atoms with Crippen LogP contribution in [0.2, 0.25) is 5.02 Å². The van der Waals surface area contributed by atoms with Crippen LogP contribution in [0.5, 0.6) is 5.75 Å². The van der Waals surface area contributed by atoms with E-state index >= 15 is 0 Å². The molecule has 0 heterocycles. The van der Waals surface area contributed by atoms with Crippen LogP contribution < -0.4 is 10.1 Å². The molecule has 2 rings (SSSR count). The molecule has 0 saturated heterocycles. The first-order valence-electron chi connectivity index (χ1n) is 7.30. The van der Waals surface area contributed by atoms with E-state index in [0.717, 1.165) is 32.8 Å². The summed E-state index contributed by atoms with van der Waals surface area (Å²) < 4.78 is 6.36. The monoisotopic (exact) mass is 359 g/mol. The molecule has 0 atom stereocenters. The minimum absolute atomic E-state index is 0.518. The van der Waals surface area contributed by atoms with E-state index < -0.39 is 0 Å². The number of hydrogen-bond donors (Lipinski definition) is 1. The van der Waals surface area contributed by atoms with Gasteiger partial charge < -0.3 is 10.1 Å². The fraction of sp³-hybridized carbons (Fsp3) is 0.625. The highest BCUT2D eigenvalue weighted by Crippen LogP contribution is 2.38. The van der Waals surface area contributed by atoms with E-state index in [9.17, 15) is 0 Å². The maximum atomic E-state index is 6.14. The highest BCUT2D eigenvalue weighted by Gasteiger charge is 2.24. The molecule has 2 nitrogen and oxygen atoms in total. The van der Waals surface area contributed by atoms with Crippen LogP contribution in [0.4, 0.5) is 5.69 Å². The van der Waals surface area contributed by atoms with E-state index in [1.165, 1.54) is 25.7 Å². The highest BCUT2D eigenvalue weighted by molar-refractivity contribution is 9.10. The number of rotatable bonds is 4. The number of benzene rings is 1. The Hall–Kier alpha value is -0.410. The second-order valence-corrected chi connectivity index (χ2v) is 7.26. The first-order chi connectivity index (χ1) is 9.51. The number of nitrogens with one attached hydrogen (secondary N) is 1. The predicted octanol–water partition coefficient (Wildman–Crippen LogP) is 5.74. The Kier molecular flexibility index (Phi) is 5.62. The van der Waals surface area contributed by atoms with Crippen LogP contribution in [0, 0.1) is 11.8 Å². The molecule has 1 fully saturated rings. The van der Waals surface area contributed by atoms with Crippen LogP contribution in [0.1, 0.15) is 39.5 Å². The largest absolute Gasteiger partial charge is 0.493 e. The molecule has 0 aromatic heterocycles. The van der Waals surface area contributed by atoms with E-state index in [1.54, 1.807) is 7.11 Å². The lowest BCUT2D eigenvalue weighted by Gasteiger charge is -2.32. The number of halogens is 2. The number of hydrogen-bond acceptors (Lipinski definition) is 2. The average Bonchev–Trinajstić information content (AvgIpc) is 2.39. The Balaban J connectivity index is 2.04. The maximum absolute atomic E-state index is 6.14.